The number of hydrogen-bond acceptors (Lipinski definition) is 4. The van der Waals surface area contributed by atoms with E-state index in [4.69, 9.17) is 0 Å². The standard InChI is InChI=1S/C14H23N3O2S/c1-12-10-15-8-9-17(12)20(18,19)14-6-4-13(5-7-14)11-16(2)3/h4-7,12,15H,8-11H2,1-3H3. The summed E-state index contributed by atoms with van der Waals surface area (Å²) < 4.78 is 26.8. The molecule has 1 aromatic rings. The van der Waals surface area contributed by atoms with Crippen LogP contribution in [0.2, 0.25) is 0 Å². The van der Waals surface area contributed by atoms with Gasteiger partial charge in [-0.05, 0) is 38.7 Å². The van der Waals surface area contributed by atoms with Gasteiger partial charge in [-0.2, -0.15) is 4.31 Å². The van der Waals surface area contributed by atoms with Crippen LogP contribution in [0.5, 0.6) is 0 Å². The first-order chi connectivity index (χ1) is 9.41. The molecular weight excluding hydrogens is 274 g/mol. The first-order valence-electron chi connectivity index (χ1n) is 6.87. The average Bonchev–Trinajstić information content (AvgIpc) is 2.39. The molecule has 0 amide bonds. The van der Waals surface area contributed by atoms with Crippen molar-refractivity contribution in [2.45, 2.75) is 24.4 Å². The molecule has 20 heavy (non-hydrogen) atoms. The Morgan fingerprint density at radius 1 is 1.30 bits per heavy atom. The Labute approximate surface area is 121 Å². The Bertz CT molecular complexity index is 540. The number of nitrogens with zero attached hydrogens (tertiary/aromatic N) is 2. The topological polar surface area (TPSA) is 52.7 Å². The van der Waals surface area contributed by atoms with Crippen molar-refractivity contribution < 1.29 is 8.42 Å². The number of benzene rings is 1. The van der Waals surface area contributed by atoms with Gasteiger partial charge in [-0.15, -0.1) is 0 Å². The molecule has 1 fully saturated rings. The van der Waals surface area contributed by atoms with Gasteiger partial charge in [0, 0.05) is 32.2 Å². The van der Waals surface area contributed by atoms with Crippen molar-refractivity contribution in [3.8, 4) is 0 Å². The summed E-state index contributed by atoms with van der Waals surface area (Å²) in [7, 11) is 0.610. The molecule has 112 valence electrons. The quantitative estimate of drug-likeness (QED) is 0.890. The molecule has 0 saturated carbocycles. The van der Waals surface area contributed by atoms with Crippen LogP contribution >= 0.6 is 0 Å². The molecule has 1 atom stereocenters. The molecule has 0 radical (unpaired) electrons. The zero-order valence-corrected chi connectivity index (χ0v) is 13.2. The number of nitrogens with one attached hydrogen (secondary N) is 1. The Morgan fingerprint density at radius 3 is 2.50 bits per heavy atom. The number of sulfonamides is 1. The SMILES string of the molecule is CC1CNCCN1S(=O)(=O)c1ccc(CN(C)C)cc1. The van der Waals surface area contributed by atoms with Gasteiger partial charge in [0.2, 0.25) is 10.0 Å². The second kappa shape index (κ2) is 6.22. The van der Waals surface area contributed by atoms with E-state index in [1.165, 1.54) is 0 Å². The normalized spacial score (nSPS) is 21.3. The van der Waals surface area contributed by atoms with Gasteiger partial charge in [-0.1, -0.05) is 12.1 Å². The summed E-state index contributed by atoms with van der Waals surface area (Å²) >= 11 is 0. The lowest BCUT2D eigenvalue weighted by Crippen LogP contribution is -2.52. The van der Waals surface area contributed by atoms with Gasteiger partial charge in [0.05, 0.1) is 4.90 Å². The van der Waals surface area contributed by atoms with Crippen molar-refractivity contribution in [1.82, 2.24) is 14.5 Å². The summed E-state index contributed by atoms with van der Waals surface area (Å²) in [5, 5.41) is 3.21. The summed E-state index contributed by atoms with van der Waals surface area (Å²) in [6, 6.07) is 7.20. The highest BCUT2D eigenvalue weighted by atomic mass is 32.2. The fourth-order valence-corrected chi connectivity index (χ4v) is 4.08. The van der Waals surface area contributed by atoms with Crippen LogP contribution in [-0.4, -0.2) is 57.4 Å². The van der Waals surface area contributed by atoms with E-state index < -0.39 is 10.0 Å². The van der Waals surface area contributed by atoms with Gasteiger partial charge in [-0.25, -0.2) is 8.42 Å². The van der Waals surface area contributed by atoms with E-state index in [0.29, 0.717) is 24.5 Å². The molecule has 1 saturated heterocycles. The average molecular weight is 297 g/mol. The molecule has 0 bridgehead atoms. The van der Waals surface area contributed by atoms with Gasteiger partial charge < -0.3 is 10.2 Å². The lowest BCUT2D eigenvalue weighted by molar-refractivity contribution is 0.284. The second-order valence-corrected chi connectivity index (χ2v) is 7.44. The zero-order valence-electron chi connectivity index (χ0n) is 12.3. The second-order valence-electron chi connectivity index (χ2n) is 5.55. The van der Waals surface area contributed by atoms with Crippen molar-refractivity contribution >= 4 is 10.0 Å². The van der Waals surface area contributed by atoms with Crippen LogP contribution < -0.4 is 5.32 Å². The Hall–Kier alpha value is -0.950. The summed E-state index contributed by atoms with van der Waals surface area (Å²) in [4.78, 5) is 2.44. The Kier molecular flexibility index (Phi) is 4.80. The molecule has 1 N–H and O–H groups in total. The van der Waals surface area contributed by atoms with Gasteiger partial charge in [0.25, 0.3) is 0 Å². The van der Waals surface area contributed by atoms with Crippen LogP contribution in [-0.2, 0) is 16.6 Å². The molecule has 1 heterocycles. The lowest BCUT2D eigenvalue weighted by Gasteiger charge is -2.32. The number of piperazine rings is 1. The molecule has 1 aromatic carbocycles. The van der Waals surface area contributed by atoms with Crippen LogP contribution in [0.4, 0.5) is 0 Å². The van der Waals surface area contributed by atoms with Gasteiger partial charge in [0.15, 0.2) is 0 Å². The molecule has 2 rings (SSSR count). The van der Waals surface area contributed by atoms with Crippen molar-refractivity contribution in [1.29, 1.82) is 0 Å². The summed E-state index contributed by atoms with van der Waals surface area (Å²) in [6.45, 7) is 4.69. The smallest absolute Gasteiger partial charge is 0.243 e. The highest BCUT2D eigenvalue weighted by molar-refractivity contribution is 7.89. The van der Waals surface area contributed by atoms with E-state index in [1.807, 2.05) is 33.2 Å². The van der Waals surface area contributed by atoms with Gasteiger partial charge in [-0.3, -0.25) is 0 Å². The van der Waals surface area contributed by atoms with E-state index in [1.54, 1.807) is 16.4 Å². The molecule has 1 aliphatic heterocycles. The predicted molar refractivity (Wildman–Crippen MR) is 80.1 cm³/mol. The maximum absolute atomic E-state index is 12.6. The third-order valence-electron chi connectivity index (χ3n) is 3.47. The Morgan fingerprint density at radius 2 is 1.95 bits per heavy atom. The highest BCUT2D eigenvalue weighted by Crippen LogP contribution is 2.20. The van der Waals surface area contributed by atoms with Gasteiger partial charge >= 0.3 is 0 Å². The van der Waals surface area contributed by atoms with E-state index in [2.05, 4.69) is 10.2 Å². The predicted octanol–water partition coefficient (Wildman–Crippen LogP) is 0.731. The minimum absolute atomic E-state index is 0.00444. The van der Waals surface area contributed by atoms with E-state index in [0.717, 1.165) is 12.1 Å². The molecule has 0 spiro atoms. The lowest BCUT2D eigenvalue weighted by atomic mass is 10.2. The van der Waals surface area contributed by atoms with Crippen LogP contribution in [0.15, 0.2) is 29.2 Å². The first kappa shape index (κ1) is 15.4. The van der Waals surface area contributed by atoms with Crippen molar-refractivity contribution in [3.05, 3.63) is 29.8 Å². The minimum Gasteiger partial charge on any atom is -0.314 e. The number of rotatable bonds is 4. The molecule has 1 aliphatic rings. The maximum atomic E-state index is 12.6. The maximum Gasteiger partial charge on any atom is 0.243 e. The molecule has 5 nitrogen and oxygen atoms in total. The zero-order chi connectivity index (χ0) is 14.8. The fourth-order valence-electron chi connectivity index (χ4n) is 2.45. The van der Waals surface area contributed by atoms with Crippen molar-refractivity contribution in [2.24, 2.45) is 0 Å². The van der Waals surface area contributed by atoms with E-state index in [-0.39, 0.29) is 6.04 Å². The van der Waals surface area contributed by atoms with Crippen LogP contribution in [0.25, 0.3) is 0 Å². The minimum atomic E-state index is -3.38. The monoisotopic (exact) mass is 297 g/mol. The van der Waals surface area contributed by atoms with Crippen LogP contribution in [0.3, 0.4) is 0 Å². The van der Waals surface area contributed by atoms with Crippen molar-refractivity contribution in [2.75, 3.05) is 33.7 Å². The molecular formula is C14H23N3O2S. The van der Waals surface area contributed by atoms with Crippen LogP contribution in [0, 0.1) is 0 Å². The molecule has 1 unspecified atom stereocenters. The third-order valence-corrected chi connectivity index (χ3v) is 5.50. The molecule has 0 aromatic heterocycles. The summed E-state index contributed by atoms with van der Waals surface area (Å²) in [6.07, 6.45) is 0. The highest BCUT2D eigenvalue weighted by Gasteiger charge is 2.30. The molecule has 0 aliphatic carbocycles. The van der Waals surface area contributed by atoms with Gasteiger partial charge in [0.1, 0.15) is 0 Å². The summed E-state index contributed by atoms with van der Waals surface area (Å²) in [5.41, 5.74) is 1.11. The van der Waals surface area contributed by atoms with E-state index in [9.17, 15) is 8.42 Å². The van der Waals surface area contributed by atoms with Crippen molar-refractivity contribution in [3.63, 3.8) is 0 Å². The number of hydrogen-bond donors (Lipinski definition) is 1. The fraction of sp³-hybridized carbons (Fsp3) is 0.571. The van der Waals surface area contributed by atoms with Crippen LogP contribution in [0.1, 0.15) is 12.5 Å². The first-order valence-corrected chi connectivity index (χ1v) is 8.31. The third kappa shape index (κ3) is 3.38. The molecule has 6 heteroatoms. The van der Waals surface area contributed by atoms with E-state index >= 15 is 0 Å². The largest absolute Gasteiger partial charge is 0.314 e. The Balaban J connectivity index is 2.21. The summed E-state index contributed by atoms with van der Waals surface area (Å²) in [5.74, 6) is 0.